The topological polar surface area (TPSA) is 65.7 Å². The highest BCUT2D eigenvalue weighted by Crippen LogP contribution is 2.24. The summed E-state index contributed by atoms with van der Waals surface area (Å²) in [6.45, 7) is 0.0128. The lowest BCUT2D eigenvalue weighted by atomic mass is 10.1. The summed E-state index contributed by atoms with van der Waals surface area (Å²) in [5.41, 5.74) is 0.494. The van der Waals surface area contributed by atoms with E-state index in [1.807, 2.05) is 24.3 Å². The van der Waals surface area contributed by atoms with Crippen molar-refractivity contribution in [2.45, 2.75) is 17.9 Å². The summed E-state index contributed by atoms with van der Waals surface area (Å²) in [5.74, 6) is 0.848. The maximum Gasteiger partial charge on any atom is 0.336 e. The Morgan fingerprint density at radius 3 is 2.67 bits per heavy atom. The third-order valence-corrected chi connectivity index (χ3v) is 5.08. The van der Waals surface area contributed by atoms with E-state index in [9.17, 15) is 9.59 Å². The molecule has 0 aliphatic carbocycles. The molecule has 0 N–H and O–H groups in total. The molecule has 3 aromatic rings. The molecule has 0 fully saturated rings. The van der Waals surface area contributed by atoms with Crippen LogP contribution in [0.2, 0.25) is 5.02 Å². The van der Waals surface area contributed by atoms with Gasteiger partial charge in [-0.3, -0.25) is 4.79 Å². The summed E-state index contributed by atoms with van der Waals surface area (Å²) in [6.07, 6.45) is 0.264. The highest BCUT2D eigenvalue weighted by molar-refractivity contribution is 7.99. The Morgan fingerprint density at radius 2 is 1.93 bits per heavy atom. The molecule has 0 saturated carbocycles. The van der Waals surface area contributed by atoms with Crippen molar-refractivity contribution in [2.75, 3.05) is 12.9 Å². The minimum absolute atomic E-state index is 0.0128. The molecule has 0 amide bonds. The summed E-state index contributed by atoms with van der Waals surface area (Å²) in [5, 5.41) is 1.38. The van der Waals surface area contributed by atoms with Crippen molar-refractivity contribution in [2.24, 2.45) is 0 Å². The molecule has 2 aromatic carbocycles. The molecular weight excluding hydrogens is 388 g/mol. The Balaban J connectivity index is 1.58. The van der Waals surface area contributed by atoms with Crippen LogP contribution in [0, 0.1) is 0 Å². The molecule has 0 atom stereocenters. The average Bonchev–Trinajstić information content (AvgIpc) is 2.67. The molecule has 0 unspecified atom stereocenters. The van der Waals surface area contributed by atoms with Crippen molar-refractivity contribution in [3.63, 3.8) is 0 Å². The first kappa shape index (κ1) is 19.3. The SMILES string of the molecule is COc1ccc2c(COC(=O)CCSc3ccc(Cl)cc3)cc(=O)oc2c1. The molecular formula is C20H17ClO5S. The van der Waals surface area contributed by atoms with E-state index in [4.69, 9.17) is 25.5 Å². The third kappa shape index (κ3) is 5.28. The first-order chi connectivity index (χ1) is 13.0. The number of methoxy groups -OCH3 is 1. The number of rotatable bonds is 7. The van der Waals surface area contributed by atoms with Gasteiger partial charge in [-0.2, -0.15) is 0 Å². The average molecular weight is 405 g/mol. The third-order valence-electron chi connectivity index (χ3n) is 3.81. The van der Waals surface area contributed by atoms with Crippen LogP contribution >= 0.6 is 23.4 Å². The largest absolute Gasteiger partial charge is 0.497 e. The van der Waals surface area contributed by atoms with Gasteiger partial charge in [0.15, 0.2) is 0 Å². The molecule has 3 rings (SSSR count). The van der Waals surface area contributed by atoms with Gasteiger partial charge in [0.1, 0.15) is 17.9 Å². The second-order valence-electron chi connectivity index (χ2n) is 5.67. The van der Waals surface area contributed by atoms with E-state index in [1.165, 1.54) is 13.2 Å². The van der Waals surface area contributed by atoms with E-state index in [2.05, 4.69) is 0 Å². The maximum atomic E-state index is 12.0. The summed E-state index contributed by atoms with van der Waals surface area (Å²) in [6, 6.07) is 13.9. The van der Waals surface area contributed by atoms with Crippen LogP contribution in [0.3, 0.4) is 0 Å². The van der Waals surface area contributed by atoms with Gasteiger partial charge in [-0.1, -0.05) is 11.6 Å². The minimum Gasteiger partial charge on any atom is -0.497 e. The number of ether oxygens (including phenoxy) is 2. The van der Waals surface area contributed by atoms with Crippen molar-refractivity contribution in [3.8, 4) is 5.75 Å². The van der Waals surface area contributed by atoms with Crippen LogP contribution in [0.4, 0.5) is 0 Å². The van der Waals surface area contributed by atoms with Crippen molar-refractivity contribution in [1.29, 1.82) is 0 Å². The monoisotopic (exact) mass is 404 g/mol. The number of fused-ring (bicyclic) bond motifs is 1. The van der Waals surface area contributed by atoms with Gasteiger partial charge in [-0.25, -0.2) is 4.79 Å². The minimum atomic E-state index is -0.500. The number of esters is 1. The van der Waals surface area contributed by atoms with Gasteiger partial charge in [-0.05, 0) is 36.4 Å². The molecule has 0 aliphatic rings. The second-order valence-corrected chi connectivity index (χ2v) is 7.27. The van der Waals surface area contributed by atoms with Gasteiger partial charge in [0.2, 0.25) is 0 Å². The lowest BCUT2D eigenvalue weighted by Gasteiger charge is -2.08. The van der Waals surface area contributed by atoms with E-state index < -0.39 is 5.63 Å². The fraction of sp³-hybridized carbons (Fsp3) is 0.200. The first-order valence-electron chi connectivity index (χ1n) is 8.20. The predicted octanol–water partition coefficient (Wildman–Crippen LogP) is 4.68. The summed E-state index contributed by atoms with van der Waals surface area (Å²) >= 11 is 7.40. The van der Waals surface area contributed by atoms with Crippen LogP contribution in [-0.2, 0) is 16.1 Å². The molecule has 1 heterocycles. The Morgan fingerprint density at radius 1 is 1.15 bits per heavy atom. The fourth-order valence-corrected chi connectivity index (χ4v) is 3.43. The predicted molar refractivity (Wildman–Crippen MR) is 106 cm³/mol. The lowest BCUT2D eigenvalue weighted by molar-refractivity contribution is -0.144. The molecule has 0 spiro atoms. The number of halogens is 1. The second kappa shape index (κ2) is 8.97. The van der Waals surface area contributed by atoms with Crippen molar-refractivity contribution in [3.05, 3.63) is 69.5 Å². The van der Waals surface area contributed by atoms with Gasteiger partial charge in [0.25, 0.3) is 0 Å². The zero-order chi connectivity index (χ0) is 19.2. The van der Waals surface area contributed by atoms with Gasteiger partial charge >= 0.3 is 11.6 Å². The van der Waals surface area contributed by atoms with Crippen LogP contribution in [0.1, 0.15) is 12.0 Å². The molecule has 0 radical (unpaired) electrons. The summed E-state index contributed by atoms with van der Waals surface area (Å²) in [4.78, 5) is 24.8. The Kier molecular flexibility index (Phi) is 6.42. The zero-order valence-corrected chi connectivity index (χ0v) is 16.1. The van der Waals surface area contributed by atoms with E-state index in [0.717, 1.165) is 4.90 Å². The fourth-order valence-electron chi connectivity index (χ4n) is 2.47. The smallest absolute Gasteiger partial charge is 0.336 e. The van der Waals surface area contributed by atoms with Crippen LogP contribution in [0.5, 0.6) is 5.75 Å². The number of carbonyl (C=O) groups is 1. The van der Waals surface area contributed by atoms with E-state index in [1.54, 1.807) is 30.0 Å². The number of thioether (sulfide) groups is 1. The molecule has 0 saturated heterocycles. The lowest BCUT2D eigenvalue weighted by Crippen LogP contribution is -2.08. The molecule has 1 aromatic heterocycles. The Hall–Kier alpha value is -2.44. The van der Waals surface area contributed by atoms with E-state index >= 15 is 0 Å². The summed E-state index contributed by atoms with van der Waals surface area (Å²) in [7, 11) is 1.53. The van der Waals surface area contributed by atoms with Crippen LogP contribution < -0.4 is 10.4 Å². The Labute approximate surface area is 165 Å². The molecule has 0 aliphatic heterocycles. The van der Waals surface area contributed by atoms with Crippen molar-refractivity contribution >= 4 is 40.3 Å². The van der Waals surface area contributed by atoms with Crippen LogP contribution in [0.15, 0.2) is 62.6 Å². The van der Waals surface area contributed by atoms with Crippen LogP contribution in [0.25, 0.3) is 11.0 Å². The maximum absolute atomic E-state index is 12.0. The normalized spacial score (nSPS) is 10.7. The van der Waals surface area contributed by atoms with Gasteiger partial charge < -0.3 is 13.9 Å². The number of carbonyl (C=O) groups excluding carboxylic acids is 1. The molecule has 0 bridgehead atoms. The quantitative estimate of drug-likeness (QED) is 0.323. The van der Waals surface area contributed by atoms with Crippen molar-refractivity contribution in [1.82, 2.24) is 0 Å². The van der Waals surface area contributed by atoms with Gasteiger partial charge in [0.05, 0.1) is 13.5 Å². The highest BCUT2D eigenvalue weighted by atomic mass is 35.5. The number of hydrogen-bond donors (Lipinski definition) is 0. The molecule has 7 heteroatoms. The molecule has 5 nitrogen and oxygen atoms in total. The molecule has 27 heavy (non-hydrogen) atoms. The number of benzene rings is 2. The van der Waals surface area contributed by atoms with Gasteiger partial charge in [-0.15, -0.1) is 11.8 Å². The first-order valence-corrected chi connectivity index (χ1v) is 9.56. The van der Waals surface area contributed by atoms with Crippen molar-refractivity contribution < 1.29 is 18.7 Å². The van der Waals surface area contributed by atoms with E-state index in [0.29, 0.717) is 33.1 Å². The van der Waals surface area contributed by atoms with Gasteiger partial charge in [0, 0.05) is 38.8 Å². The number of hydrogen-bond acceptors (Lipinski definition) is 6. The van der Waals surface area contributed by atoms with Crippen LogP contribution in [-0.4, -0.2) is 18.8 Å². The zero-order valence-electron chi connectivity index (χ0n) is 14.6. The van der Waals surface area contributed by atoms with E-state index in [-0.39, 0.29) is 19.0 Å². The Bertz CT molecular complexity index is 997. The summed E-state index contributed by atoms with van der Waals surface area (Å²) < 4.78 is 15.6. The highest BCUT2D eigenvalue weighted by Gasteiger charge is 2.10. The standard InChI is InChI=1S/C20H17ClO5S/c1-24-15-4-7-17-13(10-20(23)26-18(17)11-15)12-25-19(22)8-9-27-16-5-2-14(21)3-6-16/h2-7,10-11H,8-9,12H2,1H3. The molecule has 140 valence electrons.